The Morgan fingerprint density at radius 2 is 2.36 bits per heavy atom. The number of ether oxygens (including phenoxy) is 3. The molecule has 1 aromatic rings. The third kappa shape index (κ3) is 6.51. The van der Waals surface area contributed by atoms with Crippen molar-refractivity contribution in [3.63, 3.8) is 0 Å². The topological polar surface area (TPSA) is 68.2 Å². The van der Waals surface area contributed by atoms with E-state index < -0.39 is 0 Å². The summed E-state index contributed by atoms with van der Waals surface area (Å²) >= 11 is 0. The third-order valence-electron chi connectivity index (χ3n) is 4.03. The Kier molecular flexibility index (Phi) is 8.48. The van der Waals surface area contributed by atoms with E-state index in [-0.39, 0.29) is 0 Å². The summed E-state index contributed by atoms with van der Waals surface area (Å²) in [6.45, 7) is 7.08. The van der Waals surface area contributed by atoms with Crippen molar-refractivity contribution >= 4 is 5.96 Å². The fourth-order valence-corrected chi connectivity index (χ4v) is 2.73. The van der Waals surface area contributed by atoms with E-state index in [1.807, 2.05) is 12.1 Å². The van der Waals surface area contributed by atoms with Crippen molar-refractivity contribution in [1.82, 2.24) is 15.2 Å². The molecule has 0 aliphatic carbocycles. The molecule has 2 rings (SSSR count). The van der Waals surface area contributed by atoms with Gasteiger partial charge in [-0.2, -0.15) is 0 Å². The van der Waals surface area contributed by atoms with Crippen molar-refractivity contribution in [2.45, 2.75) is 19.9 Å². The highest BCUT2D eigenvalue weighted by Crippen LogP contribution is 2.16. The Morgan fingerprint density at radius 3 is 3.08 bits per heavy atom. The van der Waals surface area contributed by atoms with Crippen LogP contribution >= 0.6 is 0 Å². The lowest BCUT2D eigenvalue weighted by Gasteiger charge is -2.24. The second kappa shape index (κ2) is 10.9. The van der Waals surface area contributed by atoms with Crippen LogP contribution in [0.5, 0.6) is 5.88 Å². The Hall–Kier alpha value is -1.86. The van der Waals surface area contributed by atoms with E-state index in [0.717, 1.165) is 44.2 Å². The highest BCUT2D eigenvalue weighted by atomic mass is 16.5. The number of aliphatic imine (C=N–C) groups is 1. The number of nitrogens with one attached hydrogen (secondary N) is 1. The molecule has 0 bridgehead atoms. The van der Waals surface area contributed by atoms with Gasteiger partial charge in [0, 0.05) is 51.5 Å². The van der Waals surface area contributed by atoms with Crippen LogP contribution in [-0.4, -0.2) is 69.5 Å². The van der Waals surface area contributed by atoms with E-state index in [4.69, 9.17) is 19.2 Å². The van der Waals surface area contributed by atoms with Crippen molar-refractivity contribution in [3.8, 4) is 5.88 Å². The van der Waals surface area contributed by atoms with Gasteiger partial charge in [0.2, 0.25) is 5.88 Å². The molecule has 1 unspecified atom stereocenters. The fraction of sp³-hybridized carbons (Fsp3) is 0.667. The van der Waals surface area contributed by atoms with Gasteiger partial charge in [-0.1, -0.05) is 6.07 Å². The van der Waals surface area contributed by atoms with Gasteiger partial charge in [-0.05, 0) is 19.4 Å². The molecule has 2 heterocycles. The molecular formula is C18H30N4O3. The number of guanidine groups is 1. The zero-order valence-electron chi connectivity index (χ0n) is 15.5. The average molecular weight is 350 g/mol. The summed E-state index contributed by atoms with van der Waals surface area (Å²) in [6.07, 6.45) is 2.84. The molecule has 0 radical (unpaired) electrons. The molecule has 0 amide bonds. The minimum atomic E-state index is 0.478. The van der Waals surface area contributed by atoms with Crippen molar-refractivity contribution in [2.75, 3.05) is 53.7 Å². The summed E-state index contributed by atoms with van der Waals surface area (Å²) in [5.74, 6) is 2.08. The smallest absolute Gasteiger partial charge is 0.218 e. The molecular weight excluding hydrogens is 320 g/mol. The standard InChI is InChI=1S/C18H30N4O3/c1-4-19-18(22(2)13-15-7-9-24-14-15)21-12-16-6-5-8-20-17(16)25-11-10-23-3/h5-6,8,15H,4,7,9-14H2,1-3H3,(H,19,21). The van der Waals surface area contributed by atoms with Crippen molar-refractivity contribution in [1.29, 1.82) is 0 Å². The second-order valence-corrected chi connectivity index (χ2v) is 6.09. The fourth-order valence-electron chi connectivity index (χ4n) is 2.73. The maximum atomic E-state index is 5.68. The first-order chi connectivity index (χ1) is 12.2. The first-order valence-electron chi connectivity index (χ1n) is 8.87. The van der Waals surface area contributed by atoms with Gasteiger partial charge in [0.1, 0.15) is 6.61 Å². The zero-order valence-corrected chi connectivity index (χ0v) is 15.5. The van der Waals surface area contributed by atoms with Crippen LogP contribution in [0.15, 0.2) is 23.3 Å². The van der Waals surface area contributed by atoms with Crippen LogP contribution in [0.25, 0.3) is 0 Å². The molecule has 1 saturated heterocycles. The first kappa shape index (κ1) is 19.5. The molecule has 140 valence electrons. The average Bonchev–Trinajstić information content (AvgIpc) is 3.12. The van der Waals surface area contributed by atoms with Gasteiger partial charge in [-0.25, -0.2) is 9.98 Å². The largest absolute Gasteiger partial charge is 0.475 e. The van der Waals surface area contributed by atoms with Crippen LogP contribution in [0.4, 0.5) is 0 Å². The molecule has 0 aromatic carbocycles. The van der Waals surface area contributed by atoms with Gasteiger partial charge in [0.25, 0.3) is 0 Å². The van der Waals surface area contributed by atoms with E-state index in [0.29, 0.717) is 31.6 Å². The van der Waals surface area contributed by atoms with Crippen molar-refractivity contribution in [3.05, 3.63) is 23.9 Å². The molecule has 25 heavy (non-hydrogen) atoms. The Balaban J connectivity index is 1.99. The molecule has 0 spiro atoms. The van der Waals surface area contributed by atoms with Crippen LogP contribution < -0.4 is 10.1 Å². The molecule has 1 fully saturated rings. The van der Waals surface area contributed by atoms with Crippen LogP contribution in [0, 0.1) is 5.92 Å². The van der Waals surface area contributed by atoms with Gasteiger partial charge in [0.05, 0.1) is 19.8 Å². The number of hydrogen-bond donors (Lipinski definition) is 1. The van der Waals surface area contributed by atoms with Gasteiger partial charge in [-0.15, -0.1) is 0 Å². The molecule has 0 saturated carbocycles. The second-order valence-electron chi connectivity index (χ2n) is 6.09. The Bertz CT molecular complexity index is 533. The summed E-state index contributed by atoms with van der Waals surface area (Å²) in [7, 11) is 3.72. The number of rotatable bonds is 9. The predicted octanol–water partition coefficient (Wildman–Crippen LogP) is 1.54. The van der Waals surface area contributed by atoms with E-state index in [1.165, 1.54) is 0 Å². The summed E-state index contributed by atoms with van der Waals surface area (Å²) in [5, 5.41) is 3.35. The number of pyridine rings is 1. The van der Waals surface area contributed by atoms with Crippen LogP contribution in [0.3, 0.4) is 0 Å². The Labute approximate surface area is 150 Å². The maximum Gasteiger partial charge on any atom is 0.218 e. The van der Waals surface area contributed by atoms with E-state index in [9.17, 15) is 0 Å². The van der Waals surface area contributed by atoms with Crippen LogP contribution in [0.2, 0.25) is 0 Å². The highest BCUT2D eigenvalue weighted by Gasteiger charge is 2.19. The van der Waals surface area contributed by atoms with Gasteiger partial charge < -0.3 is 24.4 Å². The third-order valence-corrected chi connectivity index (χ3v) is 4.03. The van der Waals surface area contributed by atoms with Gasteiger partial charge in [0.15, 0.2) is 5.96 Å². The van der Waals surface area contributed by atoms with E-state index >= 15 is 0 Å². The quantitative estimate of drug-likeness (QED) is 0.414. The minimum Gasteiger partial charge on any atom is -0.475 e. The number of aromatic nitrogens is 1. The lowest BCUT2D eigenvalue weighted by molar-refractivity contribution is 0.143. The van der Waals surface area contributed by atoms with E-state index in [1.54, 1.807) is 13.3 Å². The zero-order chi connectivity index (χ0) is 17.9. The molecule has 1 N–H and O–H groups in total. The van der Waals surface area contributed by atoms with Crippen LogP contribution in [-0.2, 0) is 16.0 Å². The SMILES string of the molecule is CCNC(=NCc1cccnc1OCCOC)N(C)CC1CCOC1. The van der Waals surface area contributed by atoms with Gasteiger partial charge >= 0.3 is 0 Å². The summed E-state index contributed by atoms with van der Waals surface area (Å²) in [5.41, 5.74) is 0.964. The normalized spacial score (nSPS) is 17.6. The molecule has 1 aromatic heterocycles. The predicted molar refractivity (Wildman–Crippen MR) is 98.0 cm³/mol. The first-order valence-corrected chi connectivity index (χ1v) is 8.87. The van der Waals surface area contributed by atoms with Crippen molar-refractivity contribution < 1.29 is 14.2 Å². The number of nitrogens with zero attached hydrogens (tertiary/aromatic N) is 3. The molecule has 1 aliphatic rings. The molecule has 7 nitrogen and oxygen atoms in total. The molecule has 7 heteroatoms. The maximum absolute atomic E-state index is 5.68. The monoisotopic (exact) mass is 350 g/mol. The molecule has 1 aliphatic heterocycles. The molecule has 1 atom stereocenters. The summed E-state index contributed by atoms with van der Waals surface area (Å²) in [4.78, 5) is 11.2. The summed E-state index contributed by atoms with van der Waals surface area (Å²) < 4.78 is 16.2. The van der Waals surface area contributed by atoms with E-state index in [2.05, 4.69) is 29.2 Å². The Morgan fingerprint density at radius 1 is 1.48 bits per heavy atom. The van der Waals surface area contributed by atoms with Crippen molar-refractivity contribution in [2.24, 2.45) is 10.9 Å². The number of methoxy groups -OCH3 is 1. The highest BCUT2D eigenvalue weighted by molar-refractivity contribution is 5.79. The minimum absolute atomic E-state index is 0.478. The summed E-state index contributed by atoms with van der Waals surface area (Å²) in [6, 6.07) is 3.90. The van der Waals surface area contributed by atoms with Crippen LogP contribution in [0.1, 0.15) is 18.9 Å². The van der Waals surface area contributed by atoms with Gasteiger partial charge in [-0.3, -0.25) is 0 Å². The lowest BCUT2D eigenvalue weighted by atomic mass is 10.1. The number of hydrogen-bond acceptors (Lipinski definition) is 5. The lowest BCUT2D eigenvalue weighted by Crippen LogP contribution is -2.41.